The molecule has 3 heterocycles. The van der Waals surface area contributed by atoms with Crippen LogP contribution in [0.15, 0.2) is 42.6 Å². The maximum absolute atomic E-state index is 13.5. The fourth-order valence-electron chi connectivity index (χ4n) is 5.50. The molecule has 1 fully saturated rings. The lowest BCUT2D eigenvalue weighted by molar-refractivity contribution is 0.0645. The van der Waals surface area contributed by atoms with Crippen LogP contribution in [0.25, 0.3) is 10.9 Å². The van der Waals surface area contributed by atoms with Crippen LogP contribution in [-0.2, 0) is 19.3 Å². The summed E-state index contributed by atoms with van der Waals surface area (Å²) in [4.78, 5) is 26.1. The summed E-state index contributed by atoms with van der Waals surface area (Å²) in [5.74, 6) is 0.862. The van der Waals surface area contributed by atoms with Gasteiger partial charge in [0, 0.05) is 62.1 Å². The van der Waals surface area contributed by atoms with Gasteiger partial charge in [-0.2, -0.15) is 0 Å². The Hall–Kier alpha value is -2.66. The molecule has 1 saturated heterocycles. The average Bonchev–Trinajstić information content (AvgIpc) is 3.21. The number of nitrogens with zero attached hydrogens (tertiary/aromatic N) is 3. The Morgan fingerprint density at radius 1 is 1.16 bits per heavy atom. The van der Waals surface area contributed by atoms with Crippen LogP contribution in [0.4, 0.5) is 0 Å². The number of para-hydroxylation sites is 1. The van der Waals surface area contributed by atoms with Crippen LogP contribution in [-0.4, -0.2) is 58.4 Å². The maximum Gasteiger partial charge on any atom is 0.255 e. The van der Waals surface area contributed by atoms with E-state index in [1.54, 1.807) is 0 Å². The number of likely N-dealkylation sites (tertiary alicyclic amines) is 1. The molecule has 1 aliphatic heterocycles. The molecular weight excluding hydrogens is 396 g/mol. The van der Waals surface area contributed by atoms with E-state index in [1.165, 1.54) is 23.1 Å². The molecule has 2 aliphatic rings. The number of hydrogen-bond donors (Lipinski definition) is 1. The molecule has 1 aliphatic carbocycles. The molecule has 5 heteroatoms. The molecule has 2 aromatic heterocycles. The number of benzene rings is 1. The van der Waals surface area contributed by atoms with Crippen molar-refractivity contribution < 1.29 is 4.79 Å². The lowest BCUT2D eigenvalue weighted by Gasteiger charge is -2.36. The van der Waals surface area contributed by atoms with Crippen molar-refractivity contribution in [3.05, 3.63) is 65.1 Å². The highest BCUT2D eigenvalue weighted by Gasteiger charge is 2.28. The summed E-state index contributed by atoms with van der Waals surface area (Å²) >= 11 is 0. The molecule has 0 saturated carbocycles. The lowest BCUT2D eigenvalue weighted by atomic mass is 9.87. The zero-order chi connectivity index (χ0) is 22.1. The van der Waals surface area contributed by atoms with Gasteiger partial charge in [0.1, 0.15) is 0 Å². The molecule has 32 heavy (non-hydrogen) atoms. The second-order valence-corrected chi connectivity index (χ2v) is 9.72. The number of aryl methyl sites for hydroxylation is 1. The van der Waals surface area contributed by atoms with Crippen LogP contribution in [0.1, 0.15) is 53.5 Å². The van der Waals surface area contributed by atoms with Gasteiger partial charge in [-0.3, -0.25) is 9.78 Å². The van der Waals surface area contributed by atoms with Crippen LogP contribution < -0.4 is 0 Å². The molecule has 1 aromatic carbocycles. The van der Waals surface area contributed by atoms with E-state index in [0.717, 1.165) is 68.5 Å². The minimum Gasteiger partial charge on any atom is -0.358 e. The van der Waals surface area contributed by atoms with Crippen molar-refractivity contribution >= 4 is 16.8 Å². The van der Waals surface area contributed by atoms with Crippen molar-refractivity contribution in [1.82, 2.24) is 19.8 Å². The van der Waals surface area contributed by atoms with Crippen molar-refractivity contribution in [1.29, 1.82) is 0 Å². The van der Waals surface area contributed by atoms with E-state index < -0.39 is 0 Å². The van der Waals surface area contributed by atoms with E-state index in [2.05, 4.69) is 46.1 Å². The average molecular weight is 431 g/mol. The Morgan fingerprint density at radius 2 is 2.00 bits per heavy atom. The third-order valence-electron chi connectivity index (χ3n) is 7.54. The van der Waals surface area contributed by atoms with Gasteiger partial charge in [0.15, 0.2) is 0 Å². The van der Waals surface area contributed by atoms with Gasteiger partial charge in [-0.05, 0) is 61.8 Å². The number of H-pyrrole nitrogens is 1. The van der Waals surface area contributed by atoms with Gasteiger partial charge >= 0.3 is 0 Å². The van der Waals surface area contributed by atoms with Gasteiger partial charge in [0.2, 0.25) is 0 Å². The molecule has 5 rings (SSSR count). The number of amides is 1. The first-order valence-electron chi connectivity index (χ1n) is 12.1. The van der Waals surface area contributed by atoms with Gasteiger partial charge < -0.3 is 14.8 Å². The monoisotopic (exact) mass is 430 g/mol. The van der Waals surface area contributed by atoms with Crippen LogP contribution in [0.2, 0.25) is 0 Å². The van der Waals surface area contributed by atoms with Gasteiger partial charge in [-0.15, -0.1) is 0 Å². The summed E-state index contributed by atoms with van der Waals surface area (Å²) in [6.45, 7) is 5.43. The molecule has 168 valence electrons. The molecule has 3 aromatic rings. The van der Waals surface area contributed by atoms with Gasteiger partial charge in [0.25, 0.3) is 5.91 Å². The number of piperidine rings is 1. The summed E-state index contributed by atoms with van der Waals surface area (Å²) in [5, 5.41) is 1.25. The van der Waals surface area contributed by atoms with Crippen LogP contribution in [0.3, 0.4) is 0 Å². The summed E-state index contributed by atoms with van der Waals surface area (Å²) < 4.78 is 0. The van der Waals surface area contributed by atoms with E-state index in [0.29, 0.717) is 12.0 Å². The number of aromatic amines is 1. The van der Waals surface area contributed by atoms with Gasteiger partial charge in [0.05, 0.1) is 11.1 Å². The number of hydrogen-bond acceptors (Lipinski definition) is 3. The van der Waals surface area contributed by atoms with Crippen molar-refractivity contribution in [3.8, 4) is 0 Å². The third-order valence-corrected chi connectivity index (χ3v) is 7.54. The zero-order valence-corrected chi connectivity index (χ0v) is 19.3. The standard InChI is InChI=1S/C27H34N4O/c1-19-9-10-25-24(18-19)22-7-5-8-23(26(22)29-25)27(32)30(2)21-12-16-31(17-13-21)15-11-20-6-3-4-14-28-20/h3-8,14,19,21,29H,9-13,15-18H2,1-2H3. The smallest absolute Gasteiger partial charge is 0.255 e. The minimum absolute atomic E-state index is 0.147. The highest BCUT2D eigenvalue weighted by atomic mass is 16.2. The molecule has 0 radical (unpaired) electrons. The summed E-state index contributed by atoms with van der Waals surface area (Å²) in [5.41, 5.74) is 5.78. The molecule has 0 spiro atoms. The first kappa shape index (κ1) is 21.2. The molecule has 5 nitrogen and oxygen atoms in total. The lowest BCUT2D eigenvalue weighted by Crippen LogP contribution is -2.46. The quantitative estimate of drug-likeness (QED) is 0.650. The Labute approximate surface area is 190 Å². The Bertz CT molecular complexity index is 1080. The number of nitrogens with one attached hydrogen (secondary N) is 1. The van der Waals surface area contributed by atoms with E-state index in [9.17, 15) is 4.79 Å². The molecular formula is C27H34N4O. The van der Waals surface area contributed by atoms with Crippen LogP contribution in [0, 0.1) is 5.92 Å². The summed E-state index contributed by atoms with van der Waals surface area (Å²) in [7, 11) is 1.99. The molecule has 1 N–H and O–H groups in total. The largest absolute Gasteiger partial charge is 0.358 e. The fourth-order valence-corrected chi connectivity index (χ4v) is 5.50. The van der Waals surface area contributed by atoms with Crippen molar-refractivity contribution in [2.75, 3.05) is 26.7 Å². The molecule has 0 bridgehead atoms. The van der Waals surface area contributed by atoms with E-state index in [-0.39, 0.29) is 5.91 Å². The van der Waals surface area contributed by atoms with Crippen molar-refractivity contribution in [2.45, 2.75) is 51.5 Å². The second-order valence-electron chi connectivity index (χ2n) is 9.72. The first-order chi connectivity index (χ1) is 15.6. The van der Waals surface area contributed by atoms with E-state index in [1.807, 2.05) is 30.3 Å². The maximum atomic E-state index is 13.5. The van der Waals surface area contributed by atoms with E-state index in [4.69, 9.17) is 0 Å². The number of fused-ring (bicyclic) bond motifs is 3. The number of pyridine rings is 1. The Kier molecular flexibility index (Phi) is 6.01. The summed E-state index contributed by atoms with van der Waals surface area (Å²) in [6.07, 6.45) is 8.33. The first-order valence-corrected chi connectivity index (χ1v) is 12.1. The van der Waals surface area contributed by atoms with E-state index >= 15 is 0 Å². The van der Waals surface area contributed by atoms with Gasteiger partial charge in [-0.25, -0.2) is 0 Å². The SMILES string of the molecule is CC1CCc2[nH]c3c(C(=O)N(C)C4CCN(CCc5ccccn5)CC4)cccc3c2C1. The second kappa shape index (κ2) is 9.07. The number of carbonyl (C=O) groups excluding carboxylic acids is 1. The third kappa shape index (κ3) is 4.18. The van der Waals surface area contributed by atoms with Gasteiger partial charge in [-0.1, -0.05) is 25.1 Å². The van der Waals surface area contributed by atoms with Crippen molar-refractivity contribution in [3.63, 3.8) is 0 Å². The normalized spacial score (nSPS) is 19.8. The highest BCUT2D eigenvalue weighted by molar-refractivity contribution is 6.06. The topological polar surface area (TPSA) is 52.2 Å². The molecule has 1 atom stereocenters. The highest BCUT2D eigenvalue weighted by Crippen LogP contribution is 2.33. The predicted molar refractivity (Wildman–Crippen MR) is 129 cm³/mol. The fraction of sp³-hybridized carbons (Fsp3) is 0.481. The predicted octanol–water partition coefficient (Wildman–Crippen LogP) is 4.47. The Morgan fingerprint density at radius 3 is 2.78 bits per heavy atom. The molecule has 1 amide bonds. The minimum atomic E-state index is 0.147. The molecule has 1 unspecified atom stereocenters. The van der Waals surface area contributed by atoms with Crippen LogP contribution >= 0.6 is 0 Å². The summed E-state index contributed by atoms with van der Waals surface area (Å²) in [6, 6.07) is 12.6. The number of rotatable bonds is 5. The zero-order valence-electron chi connectivity index (χ0n) is 19.3. The number of carbonyl (C=O) groups is 1. The van der Waals surface area contributed by atoms with Crippen LogP contribution in [0.5, 0.6) is 0 Å². The van der Waals surface area contributed by atoms with Crippen molar-refractivity contribution in [2.24, 2.45) is 5.92 Å². The number of aromatic nitrogens is 2. The Balaban J connectivity index is 1.24.